The van der Waals surface area contributed by atoms with E-state index in [0.29, 0.717) is 31.5 Å². The Labute approximate surface area is 139 Å². The molecule has 0 aliphatic carbocycles. The van der Waals surface area contributed by atoms with Crippen molar-refractivity contribution in [2.24, 2.45) is 5.92 Å². The number of furan rings is 1. The molecule has 3 aromatic rings. The van der Waals surface area contributed by atoms with E-state index in [-0.39, 0.29) is 5.92 Å². The molecule has 1 aromatic carbocycles. The molecule has 6 nitrogen and oxygen atoms in total. The number of carboxylic acids is 1. The Kier molecular flexibility index (Phi) is 3.59. The van der Waals surface area contributed by atoms with E-state index in [2.05, 4.69) is 14.9 Å². The zero-order valence-corrected chi connectivity index (χ0v) is 13.5. The van der Waals surface area contributed by atoms with Gasteiger partial charge in [0.1, 0.15) is 16.9 Å². The second-order valence-corrected chi connectivity index (χ2v) is 6.17. The first-order chi connectivity index (χ1) is 11.7. The highest BCUT2D eigenvalue weighted by atomic mass is 16.4. The third-order valence-corrected chi connectivity index (χ3v) is 4.69. The Balaban J connectivity index is 1.81. The Morgan fingerprint density at radius 1 is 1.29 bits per heavy atom. The normalized spacial score (nSPS) is 16.1. The average Bonchev–Trinajstić information content (AvgIpc) is 2.99. The predicted molar refractivity (Wildman–Crippen MR) is 88.6 cm³/mol. The number of hydrogen-bond donors (Lipinski definition) is 0. The number of aryl methyl sites for hydroxylation is 1. The molecule has 0 spiro atoms. The van der Waals surface area contributed by atoms with Crippen LogP contribution >= 0.6 is 0 Å². The minimum Gasteiger partial charge on any atom is -0.550 e. The third-order valence-electron chi connectivity index (χ3n) is 4.69. The zero-order chi connectivity index (χ0) is 16.7. The smallest absolute Gasteiger partial charge is 0.196 e. The van der Waals surface area contributed by atoms with Crippen LogP contribution in [0.2, 0.25) is 0 Å². The van der Waals surface area contributed by atoms with Crippen LogP contribution in [0.15, 0.2) is 28.7 Å². The number of hydrogen-bond acceptors (Lipinski definition) is 6. The summed E-state index contributed by atoms with van der Waals surface area (Å²) in [6.45, 7) is 3.28. The highest BCUT2D eigenvalue weighted by molar-refractivity contribution is 6.05. The summed E-state index contributed by atoms with van der Waals surface area (Å²) in [5.41, 5.74) is 2.30. The lowest BCUT2D eigenvalue weighted by molar-refractivity contribution is -0.312. The number of carbonyl (C=O) groups is 1. The molecule has 0 radical (unpaired) electrons. The zero-order valence-electron chi connectivity index (χ0n) is 13.5. The average molecular weight is 324 g/mol. The van der Waals surface area contributed by atoms with Gasteiger partial charge >= 0.3 is 0 Å². The van der Waals surface area contributed by atoms with E-state index >= 15 is 0 Å². The Bertz CT molecular complexity index is 910. The second-order valence-electron chi connectivity index (χ2n) is 6.17. The molecule has 1 aliphatic rings. The van der Waals surface area contributed by atoms with Gasteiger partial charge in [-0.15, -0.1) is 0 Å². The van der Waals surface area contributed by atoms with Crippen molar-refractivity contribution in [3.63, 3.8) is 0 Å². The van der Waals surface area contributed by atoms with Crippen molar-refractivity contribution in [3.8, 4) is 0 Å². The van der Waals surface area contributed by atoms with Crippen molar-refractivity contribution >= 4 is 33.9 Å². The van der Waals surface area contributed by atoms with Crippen LogP contribution < -0.4 is 10.0 Å². The lowest BCUT2D eigenvalue weighted by atomic mass is 9.97. The molecule has 6 heteroatoms. The van der Waals surface area contributed by atoms with Crippen molar-refractivity contribution in [1.82, 2.24) is 9.97 Å². The van der Waals surface area contributed by atoms with Gasteiger partial charge in [0.25, 0.3) is 0 Å². The minimum atomic E-state index is -0.958. The molecule has 1 fully saturated rings. The van der Waals surface area contributed by atoms with Crippen molar-refractivity contribution in [3.05, 3.63) is 30.1 Å². The van der Waals surface area contributed by atoms with Crippen molar-refractivity contribution in [1.29, 1.82) is 0 Å². The number of aliphatic carboxylic acids is 1. The molecule has 3 heterocycles. The molecule has 1 saturated heterocycles. The molecular formula is C18H18N3O3-. The third kappa shape index (κ3) is 2.38. The Morgan fingerprint density at radius 3 is 2.75 bits per heavy atom. The highest BCUT2D eigenvalue weighted by Gasteiger charge is 2.25. The molecule has 24 heavy (non-hydrogen) atoms. The van der Waals surface area contributed by atoms with Crippen molar-refractivity contribution in [2.45, 2.75) is 26.2 Å². The van der Waals surface area contributed by atoms with E-state index in [9.17, 15) is 9.90 Å². The van der Waals surface area contributed by atoms with E-state index in [4.69, 9.17) is 4.42 Å². The summed E-state index contributed by atoms with van der Waals surface area (Å²) >= 11 is 0. The van der Waals surface area contributed by atoms with E-state index in [1.54, 1.807) is 0 Å². The van der Waals surface area contributed by atoms with Gasteiger partial charge in [0, 0.05) is 36.8 Å². The Hall–Kier alpha value is -2.63. The quantitative estimate of drug-likeness (QED) is 0.732. The van der Waals surface area contributed by atoms with Gasteiger partial charge in [-0.2, -0.15) is 0 Å². The van der Waals surface area contributed by atoms with Gasteiger partial charge in [-0.05, 0) is 25.0 Å². The fourth-order valence-corrected chi connectivity index (χ4v) is 3.32. The summed E-state index contributed by atoms with van der Waals surface area (Å²) in [5.74, 6) is 0.205. The standard InChI is InChI=1S/C18H19N3O3/c1-2-14-19-15-12-5-3-4-6-13(12)24-16(15)17(20-14)21-9-7-11(8-10-21)18(22)23/h3-6,11H,2,7-10H2,1H3,(H,22,23)/p-1. The number of piperidine rings is 1. The summed E-state index contributed by atoms with van der Waals surface area (Å²) < 4.78 is 6.02. The SMILES string of the molecule is CCc1nc(N2CCC(C(=O)[O-])CC2)c2oc3ccccc3c2n1. The summed E-state index contributed by atoms with van der Waals surface area (Å²) in [6.07, 6.45) is 1.86. The highest BCUT2D eigenvalue weighted by Crippen LogP contribution is 2.34. The van der Waals surface area contributed by atoms with Crippen LogP contribution in [0.5, 0.6) is 0 Å². The van der Waals surface area contributed by atoms with Crippen LogP contribution in [-0.4, -0.2) is 29.0 Å². The molecule has 0 amide bonds. The minimum absolute atomic E-state index is 0.375. The van der Waals surface area contributed by atoms with Crippen molar-refractivity contribution < 1.29 is 14.3 Å². The molecule has 124 valence electrons. The van der Waals surface area contributed by atoms with Crippen molar-refractivity contribution in [2.75, 3.05) is 18.0 Å². The molecular weight excluding hydrogens is 306 g/mol. The van der Waals surface area contributed by atoms with Gasteiger partial charge in [-0.25, -0.2) is 9.97 Å². The largest absolute Gasteiger partial charge is 0.550 e. The number of fused-ring (bicyclic) bond motifs is 3. The van der Waals surface area contributed by atoms with Gasteiger partial charge in [-0.3, -0.25) is 0 Å². The van der Waals surface area contributed by atoms with Crippen LogP contribution in [0.4, 0.5) is 5.82 Å². The van der Waals surface area contributed by atoms with Crippen LogP contribution in [0.3, 0.4) is 0 Å². The molecule has 1 aliphatic heterocycles. The summed E-state index contributed by atoms with van der Waals surface area (Å²) in [6, 6.07) is 7.83. The number of nitrogens with zero attached hydrogens (tertiary/aromatic N) is 3. The monoisotopic (exact) mass is 324 g/mol. The van der Waals surface area contributed by atoms with Gasteiger partial charge in [-0.1, -0.05) is 19.1 Å². The first-order valence-electron chi connectivity index (χ1n) is 8.31. The fraction of sp³-hybridized carbons (Fsp3) is 0.389. The Morgan fingerprint density at radius 2 is 2.04 bits per heavy atom. The second kappa shape index (κ2) is 5.78. The summed E-state index contributed by atoms with van der Waals surface area (Å²) in [4.78, 5) is 22.5. The number of carboxylic acid groups (broad SMARTS) is 1. The topological polar surface area (TPSA) is 82.3 Å². The van der Waals surface area contributed by atoms with Crippen LogP contribution in [-0.2, 0) is 11.2 Å². The number of para-hydroxylation sites is 1. The molecule has 0 unspecified atom stereocenters. The summed E-state index contributed by atoms with van der Waals surface area (Å²) in [7, 11) is 0. The number of rotatable bonds is 3. The van der Waals surface area contributed by atoms with Crippen LogP contribution in [0.1, 0.15) is 25.6 Å². The van der Waals surface area contributed by atoms with E-state index < -0.39 is 5.97 Å². The lowest BCUT2D eigenvalue weighted by Gasteiger charge is -2.33. The molecule has 4 rings (SSSR count). The molecule has 0 atom stereocenters. The fourth-order valence-electron chi connectivity index (χ4n) is 3.32. The molecule has 2 aromatic heterocycles. The van der Waals surface area contributed by atoms with E-state index in [1.807, 2.05) is 31.2 Å². The number of benzene rings is 1. The molecule has 0 N–H and O–H groups in total. The maximum Gasteiger partial charge on any atom is 0.196 e. The number of carbonyl (C=O) groups excluding carboxylic acids is 1. The first-order valence-corrected chi connectivity index (χ1v) is 8.31. The van der Waals surface area contributed by atoms with Gasteiger partial charge in [0.2, 0.25) is 0 Å². The molecule has 0 saturated carbocycles. The lowest BCUT2D eigenvalue weighted by Crippen LogP contribution is -2.41. The predicted octanol–water partition coefficient (Wildman–Crippen LogP) is 1.90. The number of aromatic nitrogens is 2. The van der Waals surface area contributed by atoms with Gasteiger partial charge < -0.3 is 19.2 Å². The molecule has 0 bridgehead atoms. The van der Waals surface area contributed by atoms with E-state index in [0.717, 1.165) is 34.5 Å². The maximum absolute atomic E-state index is 11.1. The maximum atomic E-state index is 11.1. The first kappa shape index (κ1) is 14.9. The summed E-state index contributed by atoms with van der Waals surface area (Å²) in [5, 5.41) is 12.0. The number of anilines is 1. The van der Waals surface area contributed by atoms with Crippen LogP contribution in [0, 0.1) is 5.92 Å². The van der Waals surface area contributed by atoms with E-state index in [1.165, 1.54) is 0 Å². The van der Waals surface area contributed by atoms with Gasteiger partial charge in [0.05, 0.1) is 0 Å². The van der Waals surface area contributed by atoms with Gasteiger partial charge in [0.15, 0.2) is 11.4 Å². The van der Waals surface area contributed by atoms with Crippen LogP contribution in [0.25, 0.3) is 22.1 Å².